The van der Waals surface area contributed by atoms with Crippen molar-refractivity contribution in [3.05, 3.63) is 29.5 Å². The lowest BCUT2D eigenvalue weighted by molar-refractivity contribution is 0.164. The van der Waals surface area contributed by atoms with Crippen LogP contribution in [0.3, 0.4) is 0 Å². The van der Waals surface area contributed by atoms with E-state index in [2.05, 4.69) is 25.2 Å². The zero-order valence-corrected chi connectivity index (χ0v) is 13.0. The van der Waals surface area contributed by atoms with Gasteiger partial charge in [0.05, 0.1) is 6.20 Å². The van der Waals surface area contributed by atoms with Gasteiger partial charge in [-0.1, -0.05) is 11.3 Å². The van der Waals surface area contributed by atoms with Crippen molar-refractivity contribution in [1.82, 2.24) is 24.8 Å². The monoisotopic (exact) mass is 316 g/mol. The summed E-state index contributed by atoms with van der Waals surface area (Å²) in [4.78, 5) is 6.73. The lowest BCUT2D eigenvalue weighted by Crippen LogP contribution is -2.38. The van der Waals surface area contributed by atoms with E-state index in [1.165, 1.54) is 0 Å². The Morgan fingerprint density at radius 3 is 2.86 bits per heavy atom. The van der Waals surface area contributed by atoms with E-state index in [0.29, 0.717) is 5.88 Å². The molecule has 0 bridgehead atoms. The second kappa shape index (κ2) is 5.53. The van der Waals surface area contributed by atoms with Gasteiger partial charge in [-0.3, -0.25) is 0 Å². The smallest absolute Gasteiger partial charge is 0.217 e. The van der Waals surface area contributed by atoms with Crippen LogP contribution >= 0.6 is 11.3 Å². The molecule has 1 aliphatic heterocycles. The highest BCUT2D eigenvalue weighted by Crippen LogP contribution is 2.25. The molecule has 1 fully saturated rings. The second-order valence-electron chi connectivity index (χ2n) is 5.31. The number of nitrogens with zero attached hydrogens (tertiary/aromatic N) is 6. The molecule has 0 amide bonds. The Hall–Kier alpha value is -2.22. The standard InChI is InChI=1S/C14H16N6OS/c1-10-17-18-14(22-10)19-7-3-11(4-8-19)21-13-5-9-20-12(16-13)2-6-15-20/h2,5-6,9,11H,3-4,7-8H2,1H3. The third-order valence-electron chi connectivity index (χ3n) is 3.75. The fourth-order valence-electron chi connectivity index (χ4n) is 2.61. The largest absolute Gasteiger partial charge is 0.474 e. The minimum Gasteiger partial charge on any atom is -0.474 e. The molecule has 0 spiro atoms. The summed E-state index contributed by atoms with van der Waals surface area (Å²) in [5.41, 5.74) is 0.805. The van der Waals surface area contributed by atoms with Crippen molar-refractivity contribution in [2.75, 3.05) is 18.0 Å². The van der Waals surface area contributed by atoms with Crippen LogP contribution < -0.4 is 9.64 Å². The Balaban J connectivity index is 1.39. The Morgan fingerprint density at radius 2 is 2.09 bits per heavy atom. The number of rotatable bonds is 3. The van der Waals surface area contributed by atoms with Crippen molar-refractivity contribution in [3.63, 3.8) is 0 Å². The molecular weight excluding hydrogens is 300 g/mol. The highest BCUT2D eigenvalue weighted by Gasteiger charge is 2.23. The highest BCUT2D eigenvalue weighted by molar-refractivity contribution is 7.15. The zero-order valence-electron chi connectivity index (χ0n) is 12.2. The number of anilines is 1. The van der Waals surface area contributed by atoms with Gasteiger partial charge in [0.1, 0.15) is 11.1 Å². The normalized spacial score (nSPS) is 16.3. The maximum Gasteiger partial charge on any atom is 0.217 e. The predicted molar refractivity (Wildman–Crippen MR) is 83.5 cm³/mol. The molecule has 114 valence electrons. The van der Waals surface area contributed by atoms with Crippen molar-refractivity contribution in [1.29, 1.82) is 0 Å². The number of hydrogen-bond acceptors (Lipinski definition) is 7. The zero-order chi connectivity index (χ0) is 14.9. The van der Waals surface area contributed by atoms with E-state index in [9.17, 15) is 0 Å². The Morgan fingerprint density at radius 1 is 1.23 bits per heavy atom. The van der Waals surface area contributed by atoms with E-state index >= 15 is 0 Å². The fraction of sp³-hybridized carbons (Fsp3) is 0.429. The number of aromatic nitrogens is 5. The summed E-state index contributed by atoms with van der Waals surface area (Å²) in [5, 5.41) is 14.4. The molecule has 1 aliphatic rings. The quantitative estimate of drug-likeness (QED) is 0.735. The van der Waals surface area contributed by atoms with E-state index in [0.717, 1.165) is 41.7 Å². The van der Waals surface area contributed by atoms with Crippen molar-refractivity contribution in [3.8, 4) is 5.88 Å². The van der Waals surface area contributed by atoms with Crippen LogP contribution in [-0.4, -0.2) is 44.0 Å². The second-order valence-corrected chi connectivity index (χ2v) is 6.47. The third kappa shape index (κ3) is 2.61. The van der Waals surface area contributed by atoms with Crippen LogP contribution in [0.15, 0.2) is 24.5 Å². The van der Waals surface area contributed by atoms with Crippen LogP contribution in [0.2, 0.25) is 0 Å². The van der Waals surface area contributed by atoms with E-state index < -0.39 is 0 Å². The predicted octanol–water partition coefficient (Wildman–Crippen LogP) is 1.94. The van der Waals surface area contributed by atoms with Gasteiger partial charge >= 0.3 is 0 Å². The van der Waals surface area contributed by atoms with Crippen LogP contribution in [0.5, 0.6) is 5.88 Å². The fourth-order valence-corrected chi connectivity index (χ4v) is 3.35. The van der Waals surface area contributed by atoms with Crippen molar-refractivity contribution in [2.45, 2.75) is 25.9 Å². The minimum absolute atomic E-state index is 0.197. The average molecular weight is 316 g/mol. The van der Waals surface area contributed by atoms with Gasteiger partial charge in [0.2, 0.25) is 11.0 Å². The molecule has 4 rings (SSSR count). The number of aryl methyl sites for hydroxylation is 1. The Labute approximate surface area is 131 Å². The molecule has 0 radical (unpaired) electrons. The number of fused-ring (bicyclic) bond motifs is 1. The van der Waals surface area contributed by atoms with Gasteiger partial charge in [-0.25, -0.2) is 4.52 Å². The molecule has 4 heterocycles. The molecular formula is C14H16N6OS. The van der Waals surface area contributed by atoms with Crippen LogP contribution in [-0.2, 0) is 0 Å². The Bertz CT molecular complexity index is 776. The van der Waals surface area contributed by atoms with E-state index in [1.54, 1.807) is 22.0 Å². The number of piperidine rings is 1. The molecule has 7 nitrogen and oxygen atoms in total. The van der Waals surface area contributed by atoms with Gasteiger partial charge < -0.3 is 9.64 Å². The van der Waals surface area contributed by atoms with E-state index in [1.807, 2.05) is 25.3 Å². The molecule has 0 unspecified atom stereocenters. The summed E-state index contributed by atoms with van der Waals surface area (Å²) in [6, 6.07) is 3.73. The van der Waals surface area contributed by atoms with Gasteiger partial charge in [-0.15, -0.1) is 10.2 Å². The summed E-state index contributed by atoms with van der Waals surface area (Å²) in [6.45, 7) is 3.86. The molecule has 0 aromatic carbocycles. The van der Waals surface area contributed by atoms with Crippen LogP contribution in [0.1, 0.15) is 17.8 Å². The molecule has 0 N–H and O–H groups in total. The lowest BCUT2D eigenvalue weighted by atomic mass is 10.1. The first-order valence-corrected chi connectivity index (χ1v) is 8.12. The molecule has 1 saturated heterocycles. The van der Waals surface area contributed by atoms with Crippen LogP contribution in [0.25, 0.3) is 5.65 Å². The lowest BCUT2D eigenvalue weighted by Gasteiger charge is -2.31. The summed E-state index contributed by atoms with van der Waals surface area (Å²) >= 11 is 1.64. The van der Waals surface area contributed by atoms with Crippen LogP contribution in [0, 0.1) is 6.92 Å². The Kier molecular flexibility index (Phi) is 3.38. The summed E-state index contributed by atoms with van der Waals surface area (Å²) in [7, 11) is 0. The van der Waals surface area contributed by atoms with E-state index in [4.69, 9.17) is 4.74 Å². The summed E-state index contributed by atoms with van der Waals surface area (Å²) < 4.78 is 7.74. The maximum absolute atomic E-state index is 6.01. The topological polar surface area (TPSA) is 68.4 Å². The highest BCUT2D eigenvalue weighted by atomic mass is 32.1. The number of ether oxygens (including phenoxy) is 1. The molecule has 0 saturated carbocycles. The molecule has 3 aromatic heterocycles. The summed E-state index contributed by atoms with van der Waals surface area (Å²) in [5.74, 6) is 0.665. The number of hydrogen-bond donors (Lipinski definition) is 0. The van der Waals surface area contributed by atoms with Gasteiger partial charge in [0.15, 0.2) is 5.65 Å². The third-order valence-corrected chi connectivity index (χ3v) is 4.65. The summed E-state index contributed by atoms with van der Waals surface area (Å²) in [6.07, 6.45) is 5.73. The van der Waals surface area contributed by atoms with Crippen LogP contribution in [0.4, 0.5) is 5.13 Å². The molecule has 3 aromatic rings. The van der Waals surface area contributed by atoms with E-state index in [-0.39, 0.29) is 6.10 Å². The van der Waals surface area contributed by atoms with Gasteiger partial charge in [0, 0.05) is 44.3 Å². The molecule has 22 heavy (non-hydrogen) atoms. The SMILES string of the molecule is Cc1nnc(N2CCC(Oc3ccn4nccc4n3)CC2)s1. The van der Waals surface area contributed by atoms with Crippen molar-refractivity contribution < 1.29 is 4.74 Å². The minimum atomic E-state index is 0.197. The average Bonchev–Trinajstić information content (AvgIpc) is 3.16. The molecule has 0 aliphatic carbocycles. The van der Waals surface area contributed by atoms with Gasteiger partial charge in [-0.2, -0.15) is 10.1 Å². The first kappa shape index (κ1) is 13.4. The first-order valence-electron chi connectivity index (χ1n) is 7.30. The first-order chi connectivity index (χ1) is 10.8. The van der Waals surface area contributed by atoms with Gasteiger partial charge in [-0.05, 0) is 6.92 Å². The van der Waals surface area contributed by atoms with Crippen molar-refractivity contribution in [2.24, 2.45) is 0 Å². The molecule has 0 atom stereocenters. The van der Waals surface area contributed by atoms with Gasteiger partial charge in [0.25, 0.3) is 0 Å². The molecule has 8 heteroatoms. The van der Waals surface area contributed by atoms with Crippen molar-refractivity contribution >= 4 is 22.1 Å². The maximum atomic E-state index is 6.01.